The van der Waals surface area contributed by atoms with E-state index in [2.05, 4.69) is 0 Å². The van der Waals surface area contributed by atoms with Gasteiger partial charge in [-0.05, 0) is 24.4 Å². The van der Waals surface area contributed by atoms with Gasteiger partial charge in [0, 0.05) is 12.8 Å². The number of hydrogen-bond acceptors (Lipinski definition) is 3. The Labute approximate surface area is 82.3 Å². The van der Waals surface area contributed by atoms with E-state index in [1.165, 1.54) is 6.42 Å². The van der Waals surface area contributed by atoms with E-state index in [0.29, 0.717) is 6.61 Å². The number of rotatable bonds is 1. The van der Waals surface area contributed by atoms with E-state index in [0.717, 1.165) is 25.7 Å². The summed E-state index contributed by atoms with van der Waals surface area (Å²) in [6.07, 6.45) is 4.71. The van der Waals surface area contributed by atoms with Crippen molar-refractivity contribution in [3.63, 3.8) is 0 Å². The summed E-state index contributed by atoms with van der Waals surface area (Å²) in [5.41, 5.74) is 0. The van der Waals surface area contributed by atoms with Crippen LogP contribution in [0.25, 0.3) is 0 Å². The molecule has 0 N–H and O–H groups in total. The Kier molecular flexibility index (Phi) is 2.58. The standard InChI is InChI=1S/C9H13ClO3/c10-8(11)7-6-12-9(13-7)4-2-1-3-5-9/h7H,1-6H2/t7-/m1/s1. The average Bonchev–Trinajstić information content (AvgIpc) is 2.51. The fourth-order valence-corrected chi connectivity index (χ4v) is 2.13. The molecule has 2 fully saturated rings. The Morgan fingerprint density at radius 3 is 2.54 bits per heavy atom. The first-order valence-corrected chi connectivity index (χ1v) is 5.11. The molecule has 1 saturated carbocycles. The third kappa shape index (κ3) is 1.87. The lowest BCUT2D eigenvalue weighted by atomic mass is 9.94. The highest BCUT2D eigenvalue weighted by Crippen LogP contribution is 2.37. The molecule has 1 atom stereocenters. The molecular weight excluding hydrogens is 192 g/mol. The molecule has 1 saturated heterocycles. The maximum Gasteiger partial charge on any atom is 0.253 e. The van der Waals surface area contributed by atoms with Crippen molar-refractivity contribution in [1.29, 1.82) is 0 Å². The average molecular weight is 205 g/mol. The maximum absolute atomic E-state index is 10.8. The molecule has 1 aliphatic carbocycles. The third-order valence-electron chi connectivity index (χ3n) is 2.72. The topological polar surface area (TPSA) is 35.5 Å². The van der Waals surface area contributed by atoms with Crippen molar-refractivity contribution in [3.05, 3.63) is 0 Å². The molecular formula is C9H13ClO3. The molecule has 2 aliphatic rings. The molecule has 1 heterocycles. The first kappa shape index (κ1) is 9.44. The van der Waals surface area contributed by atoms with Gasteiger partial charge in [0.1, 0.15) is 0 Å². The molecule has 2 rings (SSSR count). The van der Waals surface area contributed by atoms with Crippen molar-refractivity contribution in [2.45, 2.75) is 44.0 Å². The predicted octanol–water partition coefficient (Wildman–Crippen LogP) is 1.83. The quantitative estimate of drug-likeness (QED) is 0.612. The minimum Gasteiger partial charge on any atom is -0.347 e. The van der Waals surface area contributed by atoms with Crippen LogP contribution >= 0.6 is 11.6 Å². The highest BCUT2D eigenvalue weighted by molar-refractivity contribution is 6.64. The summed E-state index contributed by atoms with van der Waals surface area (Å²) in [5.74, 6) is -0.479. The summed E-state index contributed by atoms with van der Waals surface area (Å²) in [7, 11) is 0. The number of hydrogen-bond donors (Lipinski definition) is 0. The zero-order valence-corrected chi connectivity index (χ0v) is 8.18. The molecule has 13 heavy (non-hydrogen) atoms. The minimum atomic E-state index is -0.542. The van der Waals surface area contributed by atoms with Crippen LogP contribution in [0.1, 0.15) is 32.1 Å². The number of halogens is 1. The summed E-state index contributed by atoms with van der Waals surface area (Å²) in [6.45, 7) is 0.322. The summed E-state index contributed by atoms with van der Waals surface area (Å²) in [4.78, 5) is 10.8. The minimum absolute atomic E-state index is 0.322. The largest absolute Gasteiger partial charge is 0.347 e. The van der Waals surface area contributed by atoms with E-state index in [-0.39, 0.29) is 0 Å². The molecule has 0 aromatic heterocycles. The van der Waals surface area contributed by atoms with E-state index in [4.69, 9.17) is 21.1 Å². The summed E-state index contributed by atoms with van der Waals surface area (Å²) >= 11 is 5.34. The van der Waals surface area contributed by atoms with Gasteiger partial charge in [-0.1, -0.05) is 6.42 Å². The van der Waals surface area contributed by atoms with E-state index in [1.807, 2.05) is 0 Å². The van der Waals surface area contributed by atoms with Gasteiger partial charge in [0.15, 0.2) is 11.9 Å². The second-order valence-corrected chi connectivity index (χ2v) is 4.07. The van der Waals surface area contributed by atoms with E-state index < -0.39 is 17.1 Å². The van der Waals surface area contributed by atoms with Crippen LogP contribution in [0, 0.1) is 0 Å². The lowest BCUT2D eigenvalue weighted by molar-refractivity contribution is -0.187. The van der Waals surface area contributed by atoms with Crippen molar-refractivity contribution >= 4 is 16.8 Å². The van der Waals surface area contributed by atoms with Crippen molar-refractivity contribution in [3.8, 4) is 0 Å². The molecule has 0 bridgehead atoms. The van der Waals surface area contributed by atoms with Crippen LogP contribution in [0.5, 0.6) is 0 Å². The Morgan fingerprint density at radius 2 is 2.00 bits per heavy atom. The van der Waals surface area contributed by atoms with Gasteiger partial charge < -0.3 is 9.47 Å². The highest BCUT2D eigenvalue weighted by atomic mass is 35.5. The van der Waals surface area contributed by atoms with Gasteiger partial charge >= 0.3 is 0 Å². The van der Waals surface area contributed by atoms with Crippen LogP contribution in [0.15, 0.2) is 0 Å². The molecule has 4 heteroatoms. The van der Waals surface area contributed by atoms with Crippen LogP contribution in [-0.2, 0) is 14.3 Å². The van der Waals surface area contributed by atoms with Crippen LogP contribution in [0.2, 0.25) is 0 Å². The highest BCUT2D eigenvalue weighted by Gasteiger charge is 2.44. The van der Waals surface area contributed by atoms with Gasteiger partial charge in [0.25, 0.3) is 5.24 Å². The lowest BCUT2D eigenvalue weighted by Gasteiger charge is -2.31. The smallest absolute Gasteiger partial charge is 0.253 e. The molecule has 3 nitrogen and oxygen atoms in total. The van der Waals surface area contributed by atoms with Crippen molar-refractivity contribution < 1.29 is 14.3 Å². The third-order valence-corrected chi connectivity index (χ3v) is 2.97. The molecule has 0 unspecified atom stereocenters. The molecule has 0 radical (unpaired) electrons. The second-order valence-electron chi connectivity index (χ2n) is 3.69. The van der Waals surface area contributed by atoms with Gasteiger partial charge in [-0.15, -0.1) is 0 Å². The second kappa shape index (κ2) is 3.56. The fourth-order valence-electron chi connectivity index (χ4n) is 2.02. The predicted molar refractivity (Wildman–Crippen MR) is 47.5 cm³/mol. The van der Waals surface area contributed by atoms with Crippen molar-refractivity contribution in [2.24, 2.45) is 0 Å². The number of carbonyl (C=O) groups excluding carboxylic acids is 1. The van der Waals surface area contributed by atoms with Crippen LogP contribution in [0.3, 0.4) is 0 Å². The molecule has 1 aliphatic heterocycles. The van der Waals surface area contributed by atoms with E-state index in [9.17, 15) is 4.79 Å². The molecule has 1 spiro atoms. The Bertz CT molecular complexity index is 211. The van der Waals surface area contributed by atoms with Crippen LogP contribution < -0.4 is 0 Å². The van der Waals surface area contributed by atoms with Crippen molar-refractivity contribution in [1.82, 2.24) is 0 Å². The monoisotopic (exact) mass is 204 g/mol. The molecule has 0 amide bonds. The zero-order valence-electron chi connectivity index (χ0n) is 7.42. The van der Waals surface area contributed by atoms with Crippen LogP contribution in [-0.4, -0.2) is 23.7 Å². The molecule has 74 valence electrons. The molecule has 0 aromatic rings. The summed E-state index contributed by atoms with van der Waals surface area (Å²) in [5, 5.41) is -0.442. The number of carbonyl (C=O) groups is 1. The normalized spacial score (nSPS) is 32.2. The zero-order chi connectivity index (χ0) is 9.31. The van der Waals surface area contributed by atoms with E-state index in [1.54, 1.807) is 0 Å². The first-order chi connectivity index (χ1) is 6.22. The first-order valence-electron chi connectivity index (χ1n) is 4.73. The Hall–Kier alpha value is -0.120. The lowest BCUT2D eigenvalue weighted by Crippen LogP contribution is -2.34. The van der Waals surface area contributed by atoms with Gasteiger partial charge in [0.2, 0.25) is 0 Å². The summed E-state index contributed by atoms with van der Waals surface area (Å²) < 4.78 is 11.1. The van der Waals surface area contributed by atoms with Gasteiger partial charge in [-0.3, -0.25) is 4.79 Å². The summed E-state index contributed by atoms with van der Waals surface area (Å²) in [6, 6.07) is 0. The van der Waals surface area contributed by atoms with Crippen molar-refractivity contribution in [2.75, 3.05) is 6.61 Å². The SMILES string of the molecule is O=C(Cl)[C@H]1COC2(CCCCC2)O1. The maximum atomic E-state index is 10.8. The van der Waals surface area contributed by atoms with Crippen LogP contribution in [0.4, 0.5) is 0 Å². The van der Waals surface area contributed by atoms with E-state index >= 15 is 0 Å². The number of ether oxygens (including phenoxy) is 2. The molecule has 0 aromatic carbocycles. The van der Waals surface area contributed by atoms with Gasteiger partial charge in [-0.25, -0.2) is 0 Å². The van der Waals surface area contributed by atoms with Gasteiger partial charge in [-0.2, -0.15) is 0 Å². The Balaban J connectivity index is 1.98. The van der Waals surface area contributed by atoms with Gasteiger partial charge in [0.05, 0.1) is 6.61 Å². The fraction of sp³-hybridized carbons (Fsp3) is 0.889. The Morgan fingerprint density at radius 1 is 1.31 bits per heavy atom.